The molecule has 184 valence electrons. The number of hydrogen-bond acceptors (Lipinski definition) is 6. The van der Waals surface area contributed by atoms with Crippen LogP contribution in [0.25, 0.3) is 33.0 Å². The largest absolute Gasteiger partial charge is 0.481 e. The molecule has 6 rings (SSSR count). The number of fused-ring (bicyclic) bond motifs is 3. The van der Waals surface area contributed by atoms with Crippen LogP contribution < -0.4 is 5.32 Å². The van der Waals surface area contributed by atoms with Gasteiger partial charge in [-0.1, -0.05) is 59.8 Å². The Morgan fingerprint density at radius 1 is 1.03 bits per heavy atom. The molecule has 0 bridgehead atoms. The molecule has 1 amide bonds. The maximum atomic E-state index is 12.5. The minimum Gasteiger partial charge on any atom is -0.481 e. The van der Waals surface area contributed by atoms with E-state index in [2.05, 4.69) is 15.5 Å². The van der Waals surface area contributed by atoms with Gasteiger partial charge in [-0.3, -0.25) is 15.1 Å². The van der Waals surface area contributed by atoms with Gasteiger partial charge in [0.05, 0.1) is 17.1 Å². The summed E-state index contributed by atoms with van der Waals surface area (Å²) in [5.74, 6) is -0.388. The van der Waals surface area contributed by atoms with E-state index < -0.39 is 23.6 Å². The minimum absolute atomic E-state index is 0.387. The number of ether oxygens (including phenoxy) is 1. The van der Waals surface area contributed by atoms with Crippen molar-refractivity contribution in [3.63, 3.8) is 0 Å². The Labute approximate surface area is 211 Å². The van der Waals surface area contributed by atoms with Crippen molar-refractivity contribution in [3.8, 4) is 11.3 Å². The number of nitrogens with one attached hydrogen (secondary N) is 1. The van der Waals surface area contributed by atoms with Crippen molar-refractivity contribution in [2.45, 2.75) is 31.3 Å². The standard InChI is InChI=1S/C29H23N3O5/c1-17(18-5-3-2-4-6-18)36-28(35)32-25-16-31-37-26(25)19-7-9-23-22-10-8-21(29(11-12-29)27(33)34)13-20(22)15-30-24(23)14-19/h2-10,13-17H,11-12H2,1H3,(H,32,35)(H,33,34). The number of anilines is 1. The number of aliphatic carboxylic acids is 1. The minimum atomic E-state index is -0.778. The van der Waals surface area contributed by atoms with E-state index in [1.54, 1.807) is 13.1 Å². The van der Waals surface area contributed by atoms with Crippen LogP contribution in [0.3, 0.4) is 0 Å². The molecule has 1 aliphatic carbocycles. The predicted molar refractivity (Wildman–Crippen MR) is 138 cm³/mol. The van der Waals surface area contributed by atoms with Gasteiger partial charge in [0.1, 0.15) is 11.8 Å². The Balaban J connectivity index is 1.26. The molecular formula is C29H23N3O5. The highest BCUT2D eigenvalue weighted by atomic mass is 16.6. The number of carbonyl (C=O) groups excluding carboxylic acids is 1. The maximum absolute atomic E-state index is 12.5. The number of rotatable bonds is 6. The van der Waals surface area contributed by atoms with Crippen LogP contribution in [0.2, 0.25) is 0 Å². The molecule has 1 unspecified atom stereocenters. The summed E-state index contributed by atoms with van der Waals surface area (Å²) >= 11 is 0. The molecule has 2 N–H and O–H groups in total. The molecule has 1 saturated carbocycles. The molecule has 0 radical (unpaired) electrons. The van der Waals surface area contributed by atoms with E-state index in [0.29, 0.717) is 29.9 Å². The molecule has 0 saturated heterocycles. The first-order chi connectivity index (χ1) is 17.9. The Morgan fingerprint density at radius 2 is 1.81 bits per heavy atom. The van der Waals surface area contributed by atoms with Crippen LogP contribution in [0.15, 0.2) is 83.6 Å². The van der Waals surface area contributed by atoms with Crippen LogP contribution in [0.5, 0.6) is 0 Å². The van der Waals surface area contributed by atoms with Crippen LogP contribution in [0.4, 0.5) is 10.5 Å². The summed E-state index contributed by atoms with van der Waals surface area (Å²) in [6.07, 6.45) is 3.46. The average Bonchev–Trinajstić information content (AvgIpc) is 3.61. The van der Waals surface area contributed by atoms with Crippen LogP contribution in [-0.2, 0) is 14.9 Å². The lowest BCUT2D eigenvalue weighted by Crippen LogP contribution is -2.19. The van der Waals surface area contributed by atoms with E-state index in [4.69, 9.17) is 9.26 Å². The third-order valence-corrected chi connectivity index (χ3v) is 7.02. The van der Waals surface area contributed by atoms with Crippen molar-refractivity contribution in [2.75, 3.05) is 5.32 Å². The SMILES string of the molecule is CC(OC(=O)Nc1cnoc1-c1ccc2c(c1)ncc1cc(C3(C(=O)O)CC3)ccc12)c1ccccc1. The molecule has 0 aliphatic heterocycles. The van der Waals surface area contributed by atoms with Gasteiger partial charge in [-0.15, -0.1) is 0 Å². The van der Waals surface area contributed by atoms with E-state index >= 15 is 0 Å². The number of carbonyl (C=O) groups is 2. The van der Waals surface area contributed by atoms with Gasteiger partial charge in [-0.25, -0.2) is 4.79 Å². The fourth-order valence-electron chi connectivity index (χ4n) is 4.74. The number of hydrogen-bond donors (Lipinski definition) is 2. The van der Waals surface area contributed by atoms with E-state index in [1.807, 2.05) is 66.7 Å². The van der Waals surface area contributed by atoms with Crippen molar-refractivity contribution in [1.29, 1.82) is 0 Å². The lowest BCUT2D eigenvalue weighted by atomic mass is 9.93. The average molecular weight is 494 g/mol. The third kappa shape index (κ3) is 4.06. The highest BCUT2D eigenvalue weighted by molar-refractivity contribution is 6.07. The van der Waals surface area contributed by atoms with Crippen molar-refractivity contribution in [2.24, 2.45) is 0 Å². The normalized spacial score (nSPS) is 14.8. The predicted octanol–water partition coefficient (Wildman–Crippen LogP) is 6.47. The zero-order chi connectivity index (χ0) is 25.6. The first kappa shape index (κ1) is 22.7. The highest BCUT2D eigenvalue weighted by Gasteiger charge is 2.51. The van der Waals surface area contributed by atoms with Gasteiger partial charge in [0, 0.05) is 22.5 Å². The lowest BCUT2D eigenvalue weighted by molar-refractivity contribution is -0.140. The Morgan fingerprint density at radius 3 is 2.57 bits per heavy atom. The van der Waals surface area contributed by atoms with Crippen LogP contribution >= 0.6 is 0 Å². The highest BCUT2D eigenvalue weighted by Crippen LogP contribution is 2.49. The molecule has 0 spiro atoms. The summed E-state index contributed by atoms with van der Waals surface area (Å²) in [7, 11) is 0. The molecule has 37 heavy (non-hydrogen) atoms. The van der Waals surface area contributed by atoms with Gasteiger partial charge >= 0.3 is 12.1 Å². The van der Waals surface area contributed by atoms with Crippen LogP contribution in [-0.4, -0.2) is 27.3 Å². The second kappa shape index (κ2) is 8.74. The molecule has 1 atom stereocenters. The number of carboxylic acids is 1. The van der Waals surface area contributed by atoms with Crippen LogP contribution in [0.1, 0.15) is 37.0 Å². The van der Waals surface area contributed by atoms with Gasteiger partial charge < -0.3 is 14.4 Å². The van der Waals surface area contributed by atoms with E-state index in [0.717, 1.165) is 32.8 Å². The summed E-state index contributed by atoms with van der Waals surface area (Å²) in [5, 5.41) is 19.0. The van der Waals surface area contributed by atoms with Crippen molar-refractivity contribution in [3.05, 3.63) is 90.3 Å². The summed E-state index contributed by atoms with van der Waals surface area (Å²) < 4.78 is 11.0. The summed E-state index contributed by atoms with van der Waals surface area (Å²) in [6, 6.07) is 20.9. The number of pyridine rings is 1. The summed E-state index contributed by atoms with van der Waals surface area (Å²) in [6.45, 7) is 1.80. The van der Waals surface area contributed by atoms with Crippen molar-refractivity contribution >= 4 is 39.4 Å². The zero-order valence-electron chi connectivity index (χ0n) is 20.0. The molecule has 5 aromatic rings. The Kier molecular flexibility index (Phi) is 5.37. The Hall–Kier alpha value is -4.72. The van der Waals surface area contributed by atoms with Gasteiger partial charge in [0.25, 0.3) is 0 Å². The molecule has 2 heterocycles. The van der Waals surface area contributed by atoms with Crippen molar-refractivity contribution < 1.29 is 24.0 Å². The van der Waals surface area contributed by atoms with E-state index in [-0.39, 0.29) is 0 Å². The molecule has 1 fully saturated rings. The third-order valence-electron chi connectivity index (χ3n) is 7.02. The number of carboxylic acid groups (broad SMARTS) is 1. The fraction of sp³-hybridized carbons (Fsp3) is 0.172. The topological polar surface area (TPSA) is 115 Å². The molecule has 8 nitrogen and oxygen atoms in total. The number of nitrogens with zero attached hydrogens (tertiary/aromatic N) is 2. The second-order valence-electron chi connectivity index (χ2n) is 9.33. The zero-order valence-corrected chi connectivity index (χ0v) is 20.0. The quantitative estimate of drug-likeness (QED) is 0.261. The first-order valence-corrected chi connectivity index (χ1v) is 12.0. The fourth-order valence-corrected chi connectivity index (χ4v) is 4.74. The molecule has 2 aromatic heterocycles. The van der Waals surface area contributed by atoms with Gasteiger partial charge in [-0.05, 0) is 48.4 Å². The van der Waals surface area contributed by atoms with Gasteiger partial charge in [0.2, 0.25) is 0 Å². The van der Waals surface area contributed by atoms with E-state index in [9.17, 15) is 14.7 Å². The lowest BCUT2D eigenvalue weighted by Gasteiger charge is -2.14. The summed E-state index contributed by atoms with van der Waals surface area (Å²) in [5.41, 5.74) is 2.76. The van der Waals surface area contributed by atoms with Gasteiger partial charge in [0.15, 0.2) is 5.76 Å². The van der Waals surface area contributed by atoms with Gasteiger partial charge in [-0.2, -0.15) is 0 Å². The van der Waals surface area contributed by atoms with Crippen molar-refractivity contribution in [1.82, 2.24) is 10.1 Å². The molecule has 3 aromatic carbocycles. The summed E-state index contributed by atoms with van der Waals surface area (Å²) in [4.78, 5) is 28.9. The first-order valence-electron chi connectivity index (χ1n) is 12.0. The second-order valence-corrected chi connectivity index (χ2v) is 9.33. The van der Waals surface area contributed by atoms with Crippen LogP contribution in [0, 0.1) is 0 Å². The number of aromatic nitrogens is 2. The molecule has 1 aliphatic rings. The van der Waals surface area contributed by atoms with E-state index in [1.165, 1.54) is 6.20 Å². The monoisotopic (exact) mass is 493 g/mol. The Bertz CT molecular complexity index is 1660. The molecule has 8 heteroatoms. The maximum Gasteiger partial charge on any atom is 0.412 e. The number of benzene rings is 3. The number of amides is 1. The molecular weight excluding hydrogens is 470 g/mol. The smallest absolute Gasteiger partial charge is 0.412 e.